The fourth-order valence-electron chi connectivity index (χ4n) is 3.33. The Labute approximate surface area is 180 Å². The number of carbonyl (C=O) groups excluding carboxylic acids is 2. The summed E-state index contributed by atoms with van der Waals surface area (Å²) in [6.45, 7) is 0. The van der Waals surface area contributed by atoms with Gasteiger partial charge < -0.3 is 14.0 Å². The first kappa shape index (κ1) is 22.2. The molecule has 0 amide bonds. The van der Waals surface area contributed by atoms with E-state index in [9.17, 15) is 35.9 Å². The molecule has 0 saturated heterocycles. The van der Waals surface area contributed by atoms with Crippen molar-refractivity contribution in [3.8, 4) is 17.2 Å². The van der Waals surface area contributed by atoms with Gasteiger partial charge in [-0.15, -0.1) is 0 Å². The summed E-state index contributed by atoms with van der Waals surface area (Å²) in [5.41, 5.74) is 1.13. The number of hydrogen-bond donors (Lipinski definition) is 0. The molecule has 0 saturated carbocycles. The van der Waals surface area contributed by atoms with Crippen LogP contribution in [-0.4, -0.2) is 28.9 Å². The Kier molecular flexibility index (Phi) is 5.27. The topological polar surface area (TPSA) is 57.5 Å². The second-order valence-electron chi connectivity index (χ2n) is 6.81. The first-order chi connectivity index (χ1) is 15.4. The largest absolute Gasteiger partial charge is 0.491 e. The molecule has 0 aliphatic carbocycles. The van der Waals surface area contributed by atoms with Crippen LogP contribution in [0.3, 0.4) is 0 Å². The van der Waals surface area contributed by atoms with Gasteiger partial charge in [-0.1, -0.05) is 36.4 Å². The molecule has 0 bridgehead atoms. The lowest BCUT2D eigenvalue weighted by Gasteiger charge is -2.14. The number of carbonyl (C=O) groups is 2. The minimum absolute atomic E-state index is 0.00449. The van der Waals surface area contributed by atoms with Crippen molar-refractivity contribution < 1.29 is 45.4 Å². The summed E-state index contributed by atoms with van der Waals surface area (Å²) in [5, 5.41) is 1.50. The molecule has 170 valence electrons. The molecule has 3 aromatic carbocycles. The fourth-order valence-corrected chi connectivity index (χ4v) is 3.33. The molecule has 0 atom stereocenters. The van der Waals surface area contributed by atoms with E-state index in [0.29, 0.717) is 17.1 Å². The molecule has 5 nitrogen and oxygen atoms in total. The number of nitrogens with zero attached hydrogens (tertiary/aromatic N) is 1. The fraction of sp³-hybridized carbons (Fsp3) is 0.0909. The first-order valence-electron chi connectivity index (χ1n) is 9.17. The van der Waals surface area contributed by atoms with E-state index in [-0.39, 0.29) is 5.69 Å². The summed E-state index contributed by atoms with van der Waals surface area (Å²) in [4.78, 5) is 22.6. The lowest BCUT2D eigenvalue weighted by Crippen LogP contribution is -2.29. The number of fused-ring (bicyclic) bond motifs is 3. The van der Waals surface area contributed by atoms with Crippen molar-refractivity contribution in [1.29, 1.82) is 0 Å². The molecule has 0 unspecified atom stereocenters. The third-order valence-corrected chi connectivity index (χ3v) is 4.59. The highest BCUT2D eigenvalue weighted by molar-refractivity contribution is 6.09. The van der Waals surface area contributed by atoms with E-state index in [4.69, 9.17) is 0 Å². The molecule has 4 aromatic rings. The lowest BCUT2D eigenvalue weighted by molar-refractivity contribution is -0.190. The van der Waals surface area contributed by atoms with E-state index in [1.54, 1.807) is 48.5 Å². The van der Waals surface area contributed by atoms with Gasteiger partial charge in [0.1, 0.15) is 11.5 Å². The Hall–Kier alpha value is -4.02. The first-order valence-corrected chi connectivity index (χ1v) is 9.17. The van der Waals surface area contributed by atoms with Crippen LogP contribution in [0.2, 0.25) is 0 Å². The zero-order valence-corrected chi connectivity index (χ0v) is 16.2. The van der Waals surface area contributed by atoms with Crippen LogP contribution in [0.1, 0.15) is 0 Å². The van der Waals surface area contributed by atoms with Gasteiger partial charge in [-0.2, -0.15) is 26.3 Å². The van der Waals surface area contributed by atoms with Gasteiger partial charge in [0, 0.05) is 29.0 Å². The summed E-state index contributed by atoms with van der Waals surface area (Å²) in [5.74, 6) is -6.70. The Balaban J connectivity index is 1.92. The maximum atomic E-state index is 12.7. The summed E-state index contributed by atoms with van der Waals surface area (Å²) in [6, 6.07) is 16.5. The normalized spacial score (nSPS) is 12.2. The van der Waals surface area contributed by atoms with E-state index in [1.807, 2.05) is 0 Å². The van der Waals surface area contributed by atoms with Gasteiger partial charge in [-0.25, -0.2) is 9.59 Å². The maximum Gasteiger partial charge on any atom is 0.491 e. The van der Waals surface area contributed by atoms with Gasteiger partial charge in [0.25, 0.3) is 0 Å². The lowest BCUT2D eigenvalue weighted by atomic mass is 10.2. The van der Waals surface area contributed by atoms with Crippen LogP contribution in [0.4, 0.5) is 26.3 Å². The van der Waals surface area contributed by atoms with Crippen LogP contribution >= 0.6 is 0 Å². The minimum Gasteiger partial charge on any atom is -0.420 e. The predicted octanol–water partition coefficient (Wildman–Crippen LogP) is 5.72. The zero-order chi connectivity index (χ0) is 24.0. The van der Waals surface area contributed by atoms with Gasteiger partial charge in [-0.3, -0.25) is 0 Å². The maximum absolute atomic E-state index is 12.7. The molecule has 1 heterocycles. The number of rotatable bonds is 3. The number of hydrogen-bond acceptors (Lipinski definition) is 4. The molecular weight excluding hydrogens is 456 g/mol. The molecule has 0 radical (unpaired) electrons. The van der Waals surface area contributed by atoms with E-state index in [1.165, 1.54) is 4.57 Å². The summed E-state index contributed by atoms with van der Waals surface area (Å²) >= 11 is 0. The average Bonchev–Trinajstić information content (AvgIpc) is 3.07. The third-order valence-electron chi connectivity index (χ3n) is 4.59. The van der Waals surface area contributed by atoms with Crippen molar-refractivity contribution in [2.45, 2.75) is 12.4 Å². The Morgan fingerprint density at radius 2 is 1.03 bits per heavy atom. The van der Waals surface area contributed by atoms with Gasteiger partial charge in [0.15, 0.2) is 0 Å². The molecule has 33 heavy (non-hydrogen) atoms. The quantitative estimate of drug-likeness (QED) is 0.220. The summed E-state index contributed by atoms with van der Waals surface area (Å²) < 4.78 is 86.2. The van der Waals surface area contributed by atoms with Gasteiger partial charge in [0.05, 0.1) is 16.7 Å². The molecule has 4 rings (SSSR count). The van der Waals surface area contributed by atoms with Gasteiger partial charge >= 0.3 is 24.3 Å². The van der Waals surface area contributed by atoms with E-state index in [2.05, 4.69) is 9.47 Å². The van der Waals surface area contributed by atoms with Crippen LogP contribution in [-0.2, 0) is 9.59 Å². The SMILES string of the molecule is O=C(Oc1cc(OC(=O)C(F)(F)F)cc(-n2c3ccccc3c3ccccc32)c1)C(F)(F)F. The smallest absolute Gasteiger partial charge is 0.420 e. The van der Waals surface area contributed by atoms with Crippen molar-refractivity contribution in [3.05, 3.63) is 66.7 Å². The van der Waals surface area contributed by atoms with E-state index < -0.39 is 35.8 Å². The third kappa shape index (κ3) is 4.34. The highest BCUT2D eigenvalue weighted by atomic mass is 19.4. The number of alkyl halides is 6. The number of esters is 2. The van der Waals surface area contributed by atoms with Crippen molar-refractivity contribution in [3.63, 3.8) is 0 Å². The van der Waals surface area contributed by atoms with Crippen LogP contribution in [0.15, 0.2) is 66.7 Å². The minimum atomic E-state index is -5.36. The molecule has 0 spiro atoms. The number of benzene rings is 3. The number of para-hydroxylation sites is 2. The van der Waals surface area contributed by atoms with E-state index in [0.717, 1.165) is 22.9 Å². The summed E-state index contributed by atoms with van der Waals surface area (Å²) in [7, 11) is 0. The number of halogens is 6. The molecular formula is C22H11F6NO4. The van der Waals surface area contributed by atoms with Crippen LogP contribution < -0.4 is 9.47 Å². The predicted molar refractivity (Wildman–Crippen MR) is 104 cm³/mol. The van der Waals surface area contributed by atoms with Gasteiger partial charge in [0.2, 0.25) is 0 Å². The standard InChI is InChI=1S/C22H11F6NO4/c23-21(24,25)19(30)32-13-9-12(10-14(11-13)33-20(31)22(26,27)28)29-17-7-3-1-5-15(17)16-6-2-4-8-18(16)29/h1-11H. The second kappa shape index (κ2) is 7.84. The highest BCUT2D eigenvalue weighted by Gasteiger charge is 2.42. The van der Waals surface area contributed by atoms with Crippen LogP contribution in [0.25, 0.3) is 27.5 Å². The van der Waals surface area contributed by atoms with Crippen molar-refractivity contribution in [1.82, 2.24) is 4.57 Å². The molecule has 0 aliphatic rings. The Bertz CT molecular complexity index is 1290. The molecule has 0 N–H and O–H groups in total. The van der Waals surface area contributed by atoms with Gasteiger partial charge in [-0.05, 0) is 12.1 Å². The second-order valence-corrected chi connectivity index (χ2v) is 6.81. The van der Waals surface area contributed by atoms with Crippen molar-refractivity contribution in [2.24, 2.45) is 0 Å². The molecule has 0 fully saturated rings. The van der Waals surface area contributed by atoms with Crippen LogP contribution in [0, 0.1) is 0 Å². The van der Waals surface area contributed by atoms with E-state index >= 15 is 0 Å². The monoisotopic (exact) mass is 467 g/mol. The van der Waals surface area contributed by atoms with Crippen LogP contribution in [0.5, 0.6) is 11.5 Å². The molecule has 0 aliphatic heterocycles. The number of ether oxygens (including phenoxy) is 2. The average molecular weight is 467 g/mol. The Morgan fingerprint density at radius 1 is 0.636 bits per heavy atom. The number of aromatic nitrogens is 1. The van der Waals surface area contributed by atoms with Crippen molar-refractivity contribution in [2.75, 3.05) is 0 Å². The molecule has 11 heteroatoms. The zero-order valence-electron chi connectivity index (χ0n) is 16.2. The summed E-state index contributed by atoms with van der Waals surface area (Å²) in [6.07, 6.45) is -10.7. The molecule has 1 aromatic heterocycles. The highest BCUT2D eigenvalue weighted by Crippen LogP contribution is 2.35. The Morgan fingerprint density at radius 3 is 1.42 bits per heavy atom. The van der Waals surface area contributed by atoms with Crippen molar-refractivity contribution >= 4 is 33.7 Å².